The van der Waals surface area contributed by atoms with Crippen LogP contribution in [0.15, 0.2) is 60.2 Å². The van der Waals surface area contributed by atoms with Crippen molar-refractivity contribution in [2.24, 2.45) is 0 Å². The van der Waals surface area contributed by atoms with E-state index in [0.29, 0.717) is 24.3 Å². The predicted molar refractivity (Wildman–Crippen MR) is 158 cm³/mol. The number of likely N-dealkylation sites (N-methyl/N-ethyl adjacent to an activating group) is 1. The lowest BCUT2D eigenvalue weighted by Gasteiger charge is -2.32. The number of amides is 2. The van der Waals surface area contributed by atoms with Gasteiger partial charge in [0.1, 0.15) is 5.69 Å². The van der Waals surface area contributed by atoms with Crippen LogP contribution in [0.3, 0.4) is 0 Å². The molecule has 208 valence electrons. The summed E-state index contributed by atoms with van der Waals surface area (Å²) < 4.78 is 2.09. The summed E-state index contributed by atoms with van der Waals surface area (Å²) in [7, 11) is 2.08. The molecule has 7 heteroatoms. The molecule has 2 amide bonds. The number of piperazine rings is 1. The van der Waals surface area contributed by atoms with Crippen LogP contribution in [0.1, 0.15) is 69.4 Å². The first-order valence-corrected chi connectivity index (χ1v) is 14.4. The molecule has 1 fully saturated rings. The number of benzene rings is 2. The van der Waals surface area contributed by atoms with Gasteiger partial charge in [0.2, 0.25) is 0 Å². The number of aliphatic hydroxyl groups excluding tert-OH is 1. The number of hydrogen-bond acceptors (Lipinski definition) is 4. The average Bonchev–Trinajstić information content (AvgIpc) is 3.27. The zero-order valence-electron chi connectivity index (χ0n) is 23.7. The van der Waals surface area contributed by atoms with Gasteiger partial charge in [-0.15, -0.1) is 0 Å². The number of carbonyl (C=O) groups is 2. The Bertz CT molecular complexity index is 1500. The van der Waals surface area contributed by atoms with E-state index in [2.05, 4.69) is 16.5 Å². The predicted octanol–water partition coefficient (Wildman–Crippen LogP) is 4.71. The summed E-state index contributed by atoms with van der Waals surface area (Å²) in [4.78, 5) is 33.6. The maximum absolute atomic E-state index is 14.1. The molecular weight excluding hydrogens is 500 g/mol. The van der Waals surface area contributed by atoms with Crippen LogP contribution < -0.4 is 4.90 Å². The standard InChI is InChI=1S/C33H38N4O3/c1-22-19-24(11-13-27(22)28-8-6-10-31(38)23(28)2)32(39)37-21-26-12-14-30(33(40)35-17-15-34(3)16-18-35)36(26)20-25-7-4-5-9-29(25)37/h4-5,7,9,11-14,19,31,38H,6,8,10,15-18,20-21H2,1-3H3/t31-/m0/s1. The summed E-state index contributed by atoms with van der Waals surface area (Å²) in [5.41, 5.74) is 8.57. The number of aromatic nitrogens is 1. The molecule has 2 aromatic carbocycles. The molecule has 0 bridgehead atoms. The molecule has 3 heterocycles. The molecule has 1 aromatic heterocycles. The fourth-order valence-corrected chi connectivity index (χ4v) is 6.42. The number of rotatable bonds is 3. The second-order valence-electron chi connectivity index (χ2n) is 11.5. The lowest BCUT2D eigenvalue weighted by Crippen LogP contribution is -2.47. The van der Waals surface area contributed by atoms with Crippen molar-refractivity contribution in [2.45, 2.75) is 52.3 Å². The number of carbonyl (C=O) groups excluding carboxylic acids is 2. The Kier molecular flexibility index (Phi) is 7.11. The maximum atomic E-state index is 14.1. The number of aryl methyl sites for hydroxylation is 1. The number of nitrogens with zero attached hydrogens (tertiary/aromatic N) is 4. The van der Waals surface area contributed by atoms with Gasteiger partial charge >= 0.3 is 0 Å². The SMILES string of the molecule is CC1=C(c2ccc(C(=O)N3Cc4ccc(C(=O)N5CCN(C)CC5)n4Cc4ccccc43)cc2C)CCC[C@@H]1O. The first-order valence-electron chi connectivity index (χ1n) is 14.4. The lowest BCUT2D eigenvalue weighted by molar-refractivity contribution is 0.0653. The lowest BCUT2D eigenvalue weighted by atomic mass is 9.84. The van der Waals surface area contributed by atoms with Gasteiger partial charge in [-0.3, -0.25) is 9.59 Å². The van der Waals surface area contributed by atoms with Crippen molar-refractivity contribution in [3.63, 3.8) is 0 Å². The Morgan fingerprint density at radius 3 is 2.45 bits per heavy atom. The van der Waals surface area contributed by atoms with Gasteiger partial charge in [0.25, 0.3) is 11.8 Å². The number of anilines is 1. The van der Waals surface area contributed by atoms with Crippen LogP contribution >= 0.6 is 0 Å². The van der Waals surface area contributed by atoms with E-state index in [-0.39, 0.29) is 17.9 Å². The Labute approximate surface area is 236 Å². The van der Waals surface area contributed by atoms with Crippen molar-refractivity contribution in [1.29, 1.82) is 0 Å². The zero-order valence-corrected chi connectivity index (χ0v) is 23.7. The molecule has 1 aliphatic carbocycles. The first-order chi connectivity index (χ1) is 19.3. The highest BCUT2D eigenvalue weighted by Crippen LogP contribution is 2.35. The average molecular weight is 539 g/mol. The van der Waals surface area contributed by atoms with E-state index in [0.717, 1.165) is 79.1 Å². The van der Waals surface area contributed by atoms with Gasteiger partial charge < -0.3 is 24.4 Å². The van der Waals surface area contributed by atoms with Crippen LogP contribution in [0, 0.1) is 6.92 Å². The molecule has 0 spiro atoms. The Balaban J connectivity index is 1.32. The smallest absolute Gasteiger partial charge is 0.270 e. The monoisotopic (exact) mass is 538 g/mol. The summed E-state index contributed by atoms with van der Waals surface area (Å²) in [5.74, 6) is -0.00155. The van der Waals surface area contributed by atoms with Gasteiger partial charge in [-0.1, -0.05) is 24.3 Å². The minimum Gasteiger partial charge on any atom is -0.389 e. The molecule has 3 aromatic rings. The minimum atomic E-state index is -0.387. The molecule has 6 rings (SSSR count). The van der Waals surface area contributed by atoms with Crippen LogP contribution in [0.2, 0.25) is 0 Å². The van der Waals surface area contributed by atoms with Crippen molar-refractivity contribution in [3.8, 4) is 0 Å². The second kappa shape index (κ2) is 10.7. The molecular formula is C33H38N4O3. The van der Waals surface area contributed by atoms with Crippen molar-refractivity contribution in [2.75, 3.05) is 38.1 Å². The number of hydrogen-bond donors (Lipinski definition) is 1. The Morgan fingerprint density at radius 1 is 0.900 bits per heavy atom. The quantitative estimate of drug-likeness (QED) is 0.525. The van der Waals surface area contributed by atoms with Crippen molar-refractivity contribution < 1.29 is 14.7 Å². The maximum Gasteiger partial charge on any atom is 0.270 e. The van der Waals surface area contributed by atoms with E-state index >= 15 is 0 Å². The van der Waals surface area contributed by atoms with E-state index in [1.54, 1.807) is 0 Å². The molecule has 1 N–H and O–H groups in total. The highest BCUT2D eigenvalue weighted by molar-refractivity contribution is 6.07. The first kappa shape index (κ1) is 26.5. The van der Waals surface area contributed by atoms with Gasteiger partial charge in [0.05, 0.1) is 19.2 Å². The van der Waals surface area contributed by atoms with E-state index in [9.17, 15) is 14.7 Å². The fourth-order valence-electron chi connectivity index (χ4n) is 6.42. The fraction of sp³-hybridized carbons (Fsp3) is 0.394. The van der Waals surface area contributed by atoms with Gasteiger partial charge in [-0.05, 0) is 98.3 Å². The van der Waals surface area contributed by atoms with Gasteiger partial charge in [-0.25, -0.2) is 0 Å². The van der Waals surface area contributed by atoms with Crippen LogP contribution in [0.25, 0.3) is 5.57 Å². The third-order valence-corrected chi connectivity index (χ3v) is 8.94. The van der Waals surface area contributed by atoms with Crippen LogP contribution in [0.4, 0.5) is 5.69 Å². The molecule has 7 nitrogen and oxygen atoms in total. The van der Waals surface area contributed by atoms with Crippen molar-refractivity contribution in [3.05, 3.63) is 93.8 Å². The summed E-state index contributed by atoms with van der Waals surface area (Å²) >= 11 is 0. The van der Waals surface area contributed by atoms with E-state index in [1.165, 1.54) is 5.57 Å². The zero-order chi connectivity index (χ0) is 28.0. The molecule has 3 aliphatic rings. The Hall–Kier alpha value is -3.68. The van der Waals surface area contributed by atoms with Crippen molar-refractivity contribution >= 4 is 23.1 Å². The summed E-state index contributed by atoms with van der Waals surface area (Å²) in [6, 6.07) is 17.9. The normalized spacial score (nSPS) is 19.8. The van der Waals surface area contributed by atoms with Crippen LogP contribution in [0.5, 0.6) is 0 Å². The number of aliphatic hydroxyl groups is 1. The van der Waals surface area contributed by atoms with E-state index < -0.39 is 0 Å². The molecule has 0 unspecified atom stereocenters. The van der Waals surface area contributed by atoms with E-state index in [1.807, 2.05) is 78.2 Å². The van der Waals surface area contributed by atoms with Gasteiger partial charge in [0.15, 0.2) is 0 Å². The third kappa shape index (κ3) is 4.78. The van der Waals surface area contributed by atoms with E-state index in [4.69, 9.17) is 0 Å². The highest BCUT2D eigenvalue weighted by atomic mass is 16.3. The molecule has 0 radical (unpaired) electrons. The van der Waals surface area contributed by atoms with Crippen LogP contribution in [-0.2, 0) is 13.1 Å². The highest BCUT2D eigenvalue weighted by Gasteiger charge is 2.30. The second-order valence-corrected chi connectivity index (χ2v) is 11.5. The van der Waals surface area contributed by atoms with Crippen molar-refractivity contribution in [1.82, 2.24) is 14.4 Å². The molecule has 0 saturated carbocycles. The molecule has 1 saturated heterocycles. The number of para-hydroxylation sites is 1. The molecule has 1 atom stereocenters. The van der Waals surface area contributed by atoms with Gasteiger partial charge in [-0.2, -0.15) is 0 Å². The van der Waals surface area contributed by atoms with Gasteiger partial charge in [0, 0.05) is 43.1 Å². The van der Waals surface area contributed by atoms with Crippen LogP contribution in [-0.4, -0.2) is 70.6 Å². The summed E-state index contributed by atoms with van der Waals surface area (Å²) in [6.45, 7) is 8.20. The number of fused-ring (bicyclic) bond motifs is 2. The summed E-state index contributed by atoms with van der Waals surface area (Å²) in [6.07, 6.45) is 2.34. The Morgan fingerprint density at radius 2 is 1.68 bits per heavy atom. The largest absolute Gasteiger partial charge is 0.389 e. The molecule has 2 aliphatic heterocycles. The summed E-state index contributed by atoms with van der Waals surface area (Å²) in [5, 5.41) is 10.4. The third-order valence-electron chi connectivity index (χ3n) is 8.94. The number of allylic oxidation sites excluding steroid dienone is 1. The molecule has 40 heavy (non-hydrogen) atoms. The minimum absolute atomic E-state index is 0.0558. The topological polar surface area (TPSA) is 69.0 Å².